The summed E-state index contributed by atoms with van der Waals surface area (Å²) in [5.74, 6) is -0.377. The lowest BCUT2D eigenvalue weighted by molar-refractivity contribution is -0.870. The van der Waals surface area contributed by atoms with Gasteiger partial charge in [0, 0.05) is 13.0 Å². The Bertz CT molecular complexity index is 1510. The zero-order valence-corrected chi connectivity index (χ0v) is 45.6. The number of carbonyl (C=O) groups is 1. The van der Waals surface area contributed by atoms with Crippen LogP contribution >= 0.6 is 7.82 Å². The molecular formula is C60H103NO7P+. The number of phosphoric acid groups is 1. The molecule has 1 N–H and O–H groups in total. The molecule has 0 bridgehead atoms. The first-order chi connectivity index (χ1) is 33.6. The maximum Gasteiger partial charge on any atom is 0.472 e. The second-order valence-electron chi connectivity index (χ2n) is 18.9. The Morgan fingerprint density at radius 1 is 0.464 bits per heavy atom. The second-order valence-corrected chi connectivity index (χ2v) is 20.3. The van der Waals surface area contributed by atoms with Gasteiger partial charge in [-0.05, 0) is 103 Å². The molecule has 0 saturated heterocycles. The minimum absolute atomic E-state index is 0.0692. The number of quaternary nitrogens is 1. The summed E-state index contributed by atoms with van der Waals surface area (Å²) in [7, 11) is 1.61. The molecule has 0 rings (SSSR count). The first kappa shape index (κ1) is 65.9. The van der Waals surface area contributed by atoms with Crippen LogP contribution in [0, 0.1) is 0 Å². The van der Waals surface area contributed by atoms with Crippen LogP contribution in [-0.2, 0) is 27.9 Å². The van der Waals surface area contributed by atoms with Gasteiger partial charge in [0.15, 0.2) is 0 Å². The van der Waals surface area contributed by atoms with E-state index in [2.05, 4.69) is 135 Å². The zero-order chi connectivity index (χ0) is 50.5. The van der Waals surface area contributed by atoms with E-state index in [0.29, 0.717) is 24.1 Å². The molecule has 8 nitrogen and oxygen atoms in total. The Morgan fingerprint density at radius 3 is 1.26 bits per heavy atom. The Kier molecular flexibility index (Phi) is 49.0. The molecule has 2 unspecified atom stereocenters. The summed E-state index contributed by atoms with van der Waals surface area (Å²) in [6, 6.07) is 0. The second kappa shape index (κ2) is 51.3. The summed E-state index contributed by atoms with van der Waals surface area (Å²) in [6.07, 6.45) is 74.0. The molecule has 0 aromatic heterocycles. The number of phosphoric ester groups is 1. The summed E-state index contributed by atoms with van der Waals surface area (Å²) in [5.41, 5.74) is 0. The van der Waals surface area contributed by atoms with E-state index in [1.807, 2.05) is 21.1 Å². The highest BCUT2D eigenvalue weighted by Crippen LogP contribution is 2.43. The number of ether oxygens (including phenoxy) is 2. The highest BCUT2D eigenvalue weighted by atomic mass is 31.2. The van der Waals surface area contributed by atoms with Gasteiger partial charge in [-0.1, -0.05) is 206 Å². The van der Waals surface area contributed by atoms with Crippen molar-refractivity contribution in [2.75, 3.05) is 54.1 Å². The number of hydrogen-bond acceptors (Lipinski definition) is 6. The molecule has 394 valence electrons. The SMILES string of the molecule is CC/C=C\C/C=C\C/C=C\C/C=C\C/C=C\C/C=C\C/C=C\CCCC(=O)OC(COCCCCCCCCCCC/C=C\C/C=C\C/C=C\CCCCCCC)COP(=O)(O)OCC[N+](C)(C)C. The fourth-order valence-corrected chi connectivity index (χ4v) is 7.58. The maximum atomic E-state index is 12.8. The number of unbranched alkanes of at least 4 members (excludes halogenated alkanes) is 15. The molecule has 0 amide bonds. The lowest BCUT2D eigenvalue weighted by Gasteiger charge is -2.24. The van der Waals surface area contributed by atoms with E-state index in [-0.39, 0.29) is 32.2 Å². The van der Waals surface area contributed by atoms with Gasteiger partial charge in [-0.15, -0.1) is 0 Å². The van der Waals surface area contributed by atoms with Crippen molar-refractivity contribution in [3.8, 4) is 0 Å². The quantitative estimate of drug-likeness (QED) is 0.0213. The van der Waals surface area contributed by atoms with Crippen LogP contribution in [0.15, 0.2) is 122 Å². The van der Waals surface area contributed by atoms with E-state index in [1.54, 1.807) is 0 Å². The monoisotopic (exact) mass is 981 g/mol. The molecule has 0 heterocycles. The molecule has 0 radical (unpaired) electrons. The molecule has 2 atom stereocenters. The van der Waals surface area contributed by atoms with E-state index in [0.717, 1.165) is 77.0 Å². The average molecular weight is 981 g/mol. The first-order valence-corrected chi connectivity index (χ1v) is 28.8. The van der Waals surface area contributed by atoms with Crippen LogP contribution in [0.5, 0.6) is 0 Å². The van der Waals surface area contributed by atoms with E-state index >= 15 is 0 Å². The molecular weight excluding hydrogens is 878 g/mol. The van der Waals surface area contributed by atoms with Crippen LogP contribution in [0.25, 0.3) is 0 Å². The average Bonchev–Trinajstić information content (AvgIpc) is 3.31. The molecule has 0 aromatic carbocycles. The third kappa shape index (κ3) is 55.7. The largest absolute Gasteiger partial charge is 0.472 e. The van der Waals surface area contributed by atoms with Gasteiger partial charge < -0.3 is 18.9 Å². The summed E-state index contributed by atoms with van der Waals surface area (Å²) in [4.78, 5) is 23.0. The van der Waals surface area contributed by atoms with E-state index in [1.165, 1.54) is 89.9 Å². The lowest BCUT2D eigenvalue weighted by atomic mass is 10.1. The Hall–Kier alpha value is -3.10. The third-order valence-electron chi connectivity index (χ3n) is 11.0. The molecule has 0 aromatic rings. The molecule has 9 heteroatoms. The van der Waals surface area contributed by atoms with Crippen molar-refractivity contribution < 1.29 is 37.3 Å². The number of nitrogens with zero attached hydrogens (tertiary/aromatic N) is 1. The minimum atomic E-state index is -4.31. The smallest absolute Gasteiger partial charge is 0.457 e. The predicted molar refractivity (Wildman–Crippen MR) is 297 cm³/mol. The topological polar surface area (TPSA) is 91.3 Å². The molecule has 0 saturated carbocycles. The van der Waals surface area contributed by atoms with Gasteiger partial charge in [0.1, 0.15) is 19.3 Å². The van der Waals surface area contributed by atoms with E-state index in [9.17, 15) is 14.3 Å². The van der Waals surface area contributed by atoms with Crippen molar-refractivity contribution in [1.29, 1.82) is 0 Å². The zero-order valence-electron chi connectivity index (χ0n) is 44.8. The van der Waals surface area contributed by atoms with Crippen LogP contribution in [0.3, 0.4) is 0 Å². The molecule has 0 aliphatic carbocycles. The van der Waals surface area contributed by atoms with Crippen molar-refractivity contribution in [1.82, 2.24) is 0 Å². The van der Waals surface area contributed by atoms with Crippen molar-refractivity contribution in [2.24, 2.45) is 0 Å². The fraction of sp³-hybridized carbons (Fsp3) is 0.650. The Balaban J connectivity index is 4.27. The van der Waals surface area contributed by atoms with E-state index in [4.69, 9.17) is 18.5 Å². The minimum Gasteiger partial charge on any atom is -0.457 e. The molecule has 69 heavy (non-hydrogen) atoms. The van der Waals surface area contributed by atoms with Gasteiger partial charge in [-0.25, -0.2) is 4.57 Å². The van der Waals surface area contributed by atoms with Crippen LogP contribution in [0.2, 0.25) is 0 Å². The summed E-state index contributed by atoms with van der Waals surface area (Å²) >= 11 is 0. The van der Waals surface area contributed by atoms with Gasteiger partial charge in [0.25, 0.3) is 0 Å². The van der Waals surface area contributed by atoms with Gasteiger partial charge in [0.05, 0.1) is 34.4 Å². The molecule has 0 aliphatic heterocycles. The molecule has 0 spiro atoms. The van der Waals surface area contributed by atoms with Gasteiger partial charge >= 0.3 is 13.8 Å². The van der Waals surface area contributed by atoms with Crippen molar-refractivity contribution in [3.05, 3.63) is 122 Å². The highest BCUT2D eigenvalue weighted by molar-refractivity contribution is 7.47. The predicted octanol–water partition coefficient (Wildman–Crippen LogP) is 17.3. The van der Waals surface area contributed by atoms with Crippen molar-refractivity contribution >= 4 is 13.8 Å². The number of esters is 1. The van der Waals surface area contributed by atoms with Crippen LogP contribution in [-0.4, -0.2) is 75.6 Å². The number of allylic oxidation sites excluding steroid dienone is 20. The summed E-state index contributed by atoms with van der Waals surface area (Å²) in [5, 5.41) is 0. The van der Waals surface area contributed by atoms with Crippen molar-refractivity contribution in [2.45, 2.75) is 200 Å². The number of hydrogen-bond donors (Lipinski definition) is 1. The van der Waals surface area contributed by atoms with E-state index < -0.39 is 13.9 Å². The van der Waals surface area contributed by atoms with Crippen LogP contribution < -0.4 is 0 Å². The summed E-state index contributed by atoms with van der Waals surface area (Å²) < 4.78 is 35.1. The van der Waals surface area contributed by atoms with Crippen molar-refractivity contribution in [3.63, 3.8) is 0 Å². The molecule has 0 aliphatic rings. The third-order valence-corrected chi connectivity index (χ3v) is 12.0. The number of rotatable bonds is 49. The first-order valence-electron chi connectivity index (χ1n) is 27.3. The lowest BCUT2D eigenvalue weighted by Crippen LogP contribution is -2.37. The normalized spacial score (nSPS) is 14.5. The summed E-state index contributed by atoms with van der Waals surface area (Å²) in [6.45, 7) is 5.38. The Labute approximate surface area is 424 Å². The number of carbonyl (C=O) groups excluding carboxylic acids is 1. The van der Waals surface area contributed by atoms with Gasteiger partial charge in [0.2, 0.25) is 0 Å². The number of likely N-dealkylation sites (N-methyl/N-ethyl adjacent to an activating group) is 1. The maximum absolute atomic E-state index is 12.8. The van der Waals surface area contributed by atoms with Crippen LogP contribution in [0.1, 0.15) is 194 Å². The van der Waals surface area contributed by atoms with Gasteiger partial charge in [-0.2, -0.15) is 0 Å². The highest BCUT2D eigenvalue weighted by Gasteiger charge is 2.26. The molecule has 0 fully saturated rings. The standard InChI is InChI=1S/C60H102NO7P/c1-6-8-10-12-14-16-18-20-22-24-26-28-30-32-34-36-38-40-42-44-46-48-50-52-55-65-57-59(58-67-69(63,64)66-56-54-61(3,4)5)68-60(62)53-51-49-47-45-43-41-39-37-35-33-31-29-27-25-23-21-19-17-15-13-11-9-7-2/h9,11,15,17-18,20-21,23-24,26-27,29-30,32-33,35,39,41,45,47,59H,6-8,10,12-14,16,19,22,25,28,31,34,36-38,40,42-44,46,48-58H2,1-5H3/p+1/b11-9-,17-15-,20-18-,23-21-,26-24-,29-27-,32-30-,35-33-,41-39-,47-45-. The fourth-order valence-electron chi connectivity index (χ4n) is 6.84. The van der Waals surface area contributed by atoms with Gasteiger partial charge in [-0.3, -0.25) is 13.8 Å². The Morgan fingerprint density at radius 2 is 0.841 bits per heavy atom. The van der Waals surface area contributed by atoms with Crippen LogP contribution in [0.4, 0.5) is 0 Å².